The average molecular weight is 175 g/mol. The monoisotopic (exact) mass is 175 g/mol. The minimum absolute atomic E-state index is 0.532. The van der Waals surface area contributed by atoms with Crippen LogP contribution >= 0.6 is 0 Å². The molecule has 1 heteroatoms. The van der Waals surface area contributed by atoms with E-state index in [1.54, 1.807) is 0 Å². The summed E-state index contributed by atoms with van der Waals surface area (Å²) in [4.78, 5) is 0. The number of quaternary nitrogens is 1. The van der Waals surface area contributed by atoms with E-state index in [1.807, 2.05) is 0 Å². The molecule has 0 aromatic heterocycles. The second-order valence-electron chi connectivity index (χ2n) is 4.33. The first kappa shape index (κ1) is 8.76. The third-order valence-corrected chi connectivity index (χ3v) is 3.33. The lowest BCUT2D eigenvalue weighted by atomic mass is 9.92. The summed E-state index contributed by atoms with van der Waals surface area (Å²) in [5.41, 5.74) is 2.99. The van der Waals surface area contributed by atoms with Crippen molar-refractivity contribution in [3.63, 3.8) is 0 Å². The summed E-state index contributed by atoms with van der Waals surface area (Å²) in [5, 5.41) is 0. The third kappa shape index (κ3) is 1.37. The van der Waals surface area contributed by atoms with Crippen LogP contribution < -0.4 is 0 Å². The second-order valence-corrected chi connectivity index (χ2v) is 4.33. The van der Waals surface area contributed by atoms with Crippen LogP contribution in [0, 0.1) is 7.05 Å². The fourth-order valence-electron chi connectivity index (χ4n) is 2.07. The molecule has 1 heterocycles. The minimum atomic E-state index is 0.532. The highest BCUT2D eigenvalue weighted by Gasteiger charge is 2.26. The van der Waals surface area contributed by atoms with E-state index in [-0.39, 0.29) is 0 Å². The zero-order chi connectivity index (χ0) is 9.47. The fraction of sp³-hybridized carbons (Fsp3) is 0.417. The molecule has 0 saturated heterocycles. The fourth-order valence-corrected chi connectivity index (χ4v) is 2.07. The molecule has 2 rings (SSSR count). The van der Waals surface area contributed by atoms with Gasteiger partial charge >= 0.3 is 0 Å². The maximum absolute atomic E-state index is 4.25. The molecule has 1 aliphatic heterocycles. The Kier molecular flexibility index (Phi) is 1.92. The molecule has 0 fully saturated rings. The van der Waals surface area contributed by atoms with Crippen molar-refractivity contribution in [2.24, 2.45) is 0 Å². The normalized spacial score (nSPS) is 32.7. The molecular formula is C12H17N. The first-order chi connectivity index (χ1) is 6.11. The van der Waals surface area contributed by atoms with Crippen LogP contribution in [0.2, 0.25) is 0 Å². The lowest BCUT2D eigenvalue weighted by Crippen LogP contribution is -2.44. The van der Waals surface area contributed by atoms with E-state index in [0.29, 0.717) is 6.04 Å². The van der Waals surface area contributed by atoms with Crippen molar-refractivity contribution in [3.05, 3.63) is 42.4 Å². The van der Waals surface area contributed by atoms with Crippen LogP contribution in [0.25, 0.3) is 0 Å². The zero-order valence-corrected chi connectivity index (χ0v) is 8.46. The zero-order valence-electron chi connectivity index (χ0n) is 8.46. The molecule has 0 saturated carbocycles. The van der Waals surface area contributed by atoms with Gasteiger partial charge in [-0.3, -0.25) is 0 Å². The summed E-state index contributed by atoms with van der Waals surface area (Å²) in [6.07, 6.45) is 1.17. The summed E-state index contributed by atoms with van der Waals surface area (Å²) in [6, 6.07) is 9.27. The van der Waals surface area contributed by atoms with E-state index in [2.05, 4.69) is 45.3 Å². The van der Waals surface area contributed by atoms with E-state index in [4.69, 9.17) is 0 Å². The standard InChI is InChI=1S/C12H17N/c1-10-12-7-5-4-6-11(12)8-9-13(10,2)3/h4-7,10H,2,8-9H2,1,3H3/t10-,13-/m0/s1. The van der Waals surface area contributed by atoms with Crippen molar-refractivity contribution >= 4 is 0 Å². The van der Waals surface area contributed by atoms with Crippen molar-refractivity contribution < 1.29 is 4.48 Å². The number of likely N-dealkylation sites (N-methyl/N-ethyl adjacent to an activating group) is 1. The lowest BCUT2D eigenvalue weighted by molar-refractivity contribution is -0.897. The van der Waals surface area contributed by atoms with Crippen molar-refractivity contribution in [3.8, 4) is 0 Å². The van der Waals surface area contributed by atoms with Gasteiger partial charge < -0.3 is 4.48 Å². The van der Waals surface area contributed by atoms with Crippen molar-refractivity contribution in [2.75, 3.05) is 13.6 Å². The van der Waals surface area contributed by atoms with Gasteiger partial charge in [-0.25, -0.2) is 0 Å². The smallest absolute Gasteiger partial charge is 0.0878 e. The van der Waals surface area contributed by atoms with E-state index in [9.17, 15) is 0 Å². The minimum Gasteiger partial charge on any atom is -0.453 e. The highest BCUT2D eigenvalue weighted by atomic mass is 15.3. The summed E-state index contributed by atoms with van der Waals surface area (Å²) in [7, 11) is 6.46. The molecule has 0 spiro atoms. The molecule has 0 aliphatic carbocycles. The van der Waals surface area contributed by atoms with Gasteiger partial charge in [-0.1, -0.05) is 24.3 Å². The van der Waals surface area contributed by atoms with Gasteiger partial charge in [0.1, 0.15) is 0 Å². The van der Waals surface area contributed by atoms with Gasteiger partial charge in [-0.15, -0.1) is 7.05 Å². The molecule has 0 bridgehead atoms. The van der Waals surface area contributed by atoms with Crippen molar-refractivity contribution in [1.82, 2.24) is 0 Å². The highest BCUT2D eigenvalue weighted by Crippen LogP contribution is 2.32. The Balaban J connectivity index is 2.45. The Morgan fingerprint density at radius 2 is 2.08 bits per heavy atom. The van der Waals surface area contributed by atoms with Crippen LogP contribution in [-0.2, 0) is 6.42 Å². The van der Waals surface area contributed by atoms with Crippen LogP contribution in [0.5, 0.6) is 0 Å². The molecule has 1 aromatic carbocycles. The molecule has 70 valence electrons. The number of nitrogens with zero attached hydrogens (tertiary/aromatic N) is 1. The van der Waals surface area contributed by atoms with Crippen molar-refractivity contribution in [2.45, 2.75) is 19.4 Å². The molecule has 0 unspecified atom stereocenters. The van der Waals surface area contributed by atoms with Gasteiger partial charge in [0.15, 0.2) is 0 Å². The first-order valence-electron chi connectivity index (χ1n) is 4.88. The number of rotatable bonds is 0. The van der Waals surface area contributed by atoms with E-state index in [0.717, 1.165) is 11.0 Å². The molecule has 1 aromatic rings. The van der Waals surface area contributed by atoms with Crippen LogP contribution in [0.3, 0.4) is 0 Å². The largest absolute Gasteiger partial charge is 0.453 e. The SMILES string of the molecule is [CH2-][N@+]1(C)CCc2ccccc2[C@@H]1C. The Labute approximate surface area is 80.6 Å². The third-order valence-electron chi connectivity index (χ3n) is 3.33. The first-order valence-corrected chi connectivity index (χ1v) is 4.88. The lowest BCUT2D eigenvalue weighted by Gasteiger charge is -2.47. The summed E-state index contributed by atoms with van der Waals surface area (Å²) in [5.74, 6) is 0. The highest BCUT2D eigenvalue weighted by molar-refractivity contribution is 5.30. The molecule has 0 N–H and O–H groups in total. The number of hydrogen-bond acceptors (Lipinski definition) is 0. The van der Waals surface area contributed by atoms with E-state index in [1.165, 1.54) is 17.5 Å². The van der Waals surface area contributed by atoms with Gasteiger partial charge in [0.25, 0.3) is 0 Å². The van der Waals surface area contributed by atoms with Gasteiger partial charge in [-0.2, -0.15) is 0 Å². The predicted octanol–water partition coefficient (Wildman–Crippen LogP) is 2.54. The molecule has 0 amide bonds. The molecule has 1 nitrogen and oxygen atoms in total. The molecular weight excluding hydrogens is 158 g/mol. The summed E-state index contributed by atoms with van der Waals surface area (Å²) >= 11 is 0. The quantitative estimate of drug-likeness (QED) is 0.420. The van der Waals surface area contributed by atoms with Gasteiger partial charge in [0.2, 0.25) is 0 Å². The molecule has 13 heavy (non-hydrogen) atoms. The Morgan fingerprint density at radius 3 is 2.85 bits per heavy atom. The maximum Gasteiger partial charge on any atom is 0.0878 e. The average Bonchev–Trinajstić information content (AvgIpc) is 2.13. The topological polar surface area (TPSA) is 0 Å². The second kappa shape index (κ2) is 2.85. The van der Waals surface area contributed by atoms with Crippen LogP contribution in [-0.4, -0.2) is 18.1 Å². The van der Waals surface area contributed by atoms with Crippen LogP contribution in [0.4, 0.5) is 0 Å². The van der Waals surface area contributed by atoms with Crippen molar-refractivity contribution in [1.29, 1.82) is 0 Å². The van der Waals surface area contributed by atoms with Crippen LogP contribution in [0.15, 0.2) is 24.3 Å². The molecule has 2 atom stereocenters. The van der Waals surface area contributed by atoms with Gasteiger partial charge in [-0.05, 0) is 12.5 Å². The number of hydrogen-bond donors (Lipinski definition) is 0. The molecule has 0 radical (unpaired) electrons. The maximum atomic E-state index is 4.25. The number of fused-ring (bicyclic) bond motifs is 1. The Hall–Kier alpha value is -0.820. The Bertz CT molecular complexity index is 315. The van der Waals surface area contributed by atoms with E-state index < -0.39 is 0 Å². The Morgan fingerprint density at radius 1 is 1.38 bits per heavy atom. The number of benzene rings is 1. The van der Waals surface area contributed by atoms with Crippen LogP contribution in [0.1, 0.15) is 24.1 Å². The summed E-state index contributed by atoms with van der Waals surface area (Å²) < 4.78 is 0.872. The van der Waals surface area contributed by atoms with Gasteiger partial charge in [0.05, 0.1) is 12.6 Å². The van der Waals surface area contributed by atoms with E-state index >= 15 is 0 Å². The summed E-state index contributed by atoms with van der Waals surface area (Å²) in [6.45, 7) is 3.42. The van der Waals surface area contributed by atoms with Gasteiger partial charge in [0, 0.05) is 19.0 Å². The predicted molar refractivity (Wildman–Crippen MR) is 55.0 cm³/mol. The molecule has 1 aliphatic rings.